The molecular weight excluding hydrogens is 432 g/mol. The molecule has 3 atom stereocenters. The summed E-state index contributed by atoms with van der Waals surface area (Å²) in [6, 6.07) is 15.2. The van der Waals surface area contributed by atoms with E-state index in [1.54, 1.807) is 13.8 Å². The van der Waals surface area contributed by atoms with Crippen LogP contribution in [-0.2, 0) is 14.3 Å². The highest BCUT2D eigenvalue weighted by molar-refractivity contribution is 5.93. The zero-order valence-electron chi connectivity index (χ0n) is 19.8. The van der Waals surface area contributed by atoms with Crippen molar-refractivity contribution in [2.24, 2.45) is 11.8 Å². The minimum atomic E-state index is -1.23. The maximum absolute atomic E-state index is 13.2. The summed E-state index contributed by atoms with van der Waals surface area (Å²) in [6.07, 6.45) is 1.50. The van der Waals surface area contributed by atoms with E-state index in [9.17, 15) is 19.5 Å². The third-order valence-corrected chi connectivity index (χ3v) is 7.34. The first kappa shape index (κ1) is 23.8. The number of amides is 2. The number of carbonyl (C=O) groups is 3. The maximum atomic E-state index is 13.2. The van der Waals surface area contributed by atoms with E-state index in [0.29, 0.717) is 6.42 Å². The molecule has 2 aliphatic rings. The Morgan fingerprint density at radius 1 is 1.06 bits per heavy atom. The first-order chi connectivity index (χ1) is 16.3. The Balaban J connectivity index is 1.45. The standard InChI is InChI=1S/C27H32N2O5/c1-4-16(2)23(24(30)31)28-25(32)27(3,17-13-14-17)29-26(33)34-15-22-20-11-7-5-9-18(20)19-10-6-8-12-21(19)22/h5-12,16-17,22-23H,4,13-15H2,1-3H3,(H,28,32)(H,29,33)(H,30,31)/t16-,23-,27?/m0/s1. The van der Waals surface area contributed by atoms with Gasteiger partial charge in [0.05, 0.1) is 0 Å². The van der Waals surface area contributed by atoms with E-state index >= 15 is 0 Å². The fraction of sp³-hybridized carbons (Fsp3) is 0.444. The highest BCUT2D eigenvalue weighted by Crippen LogP contribution is 2.44. The number of carboxylic acid groups (broad SMARTS) is 1. The Morgan fingerprint density at radius 2 is 1.62 bits per heavy atom. The lowest BCUT2D eigenvalue weighted by Gasteiger charge is -2.32. The van der Waals surface area contributed by atoms with Crippen LogP contribution in [0, 0.1) is 11.8 Å². The van der Waals surface area contributed by atoms with E-state index < -0.39 is 29.6 Å². The lowest BCUT2D eigenvalue weighted by Crippen LogP contribution is -2.61. The lowest BCUT2D eigenvalue weighted by molar-refractivity contribution is -0.144. The van der Waals surface area contributed by atoms with E-state index in [1.165, 1.54) is 0 Å². The van der Waals surface area contributed by atoms with Crippen LogP contribution in [0.3, 0.4) is 0 Å². The number of hydrogen-bond donors (Lipinski definition) is 3. The fourth-order valence-corrected chi connectivity index (χ4v) is 4.83. The first-order valence-electron chi connectivity index (χ1n) is 11.9. The second-order valence-electron chi connectivity index (χ2n) is 9.60. The average Bonchev–Trinajstić information content (AvgIpc) is 3.64. The van der Waals surface area contributed by atoms with E-state index in [-0.39, 0.29) is 24.4 Å². The van der Waals surface area contributed by atoms with Crippen LogP contribution in [0.4, 0.5) is 4.79 Å². The first-order valence-corrected chi connectivity index (χ1v) is 11.9. The molecule has 0 aromatic heterocycles. The highest BCUT2D eigenvalue weighted by atomic mass is 16.5. The molecule has 7 nitrogen and oxygen atoms in total. The SMILES string of the molecule is CC[C@H](C)[C@H](NC(=O)C(C)(NC(=O)OCC1c2ccccc2-c2ccccc21)C1CC1)C(=O)O. The van der Waals surface area contributed by atoms with Crippen LogP contribution in [0.25, 0.3) is 11.1 Å². The average molecular weight is 465 g/mol. The number of hydrogen-bond acceptors (Lipinski definition) is 4. The van der Waals surface area contributed by atoms with Gasteiger partial charge in [-0.2, -0.15) is 0 Å². The molecule has 0 aliphatic heterocycles. The van der Waals surface area contributed by atoms with Gasteiger partial charge in [0, 0.05) is 5.92 Å². The number of ether oxygens (including phenoxy) is 1. The number of alkyl carbamates (subject to hydrolysis) is 1. The summed E-state index contributed by atoms with van der Waals surface area (Å²) in [6.45, 7) is 5.46. The number of carbonyl (C=O) groups excluding carboxylic acids is 2. The van der Waals surface area contributed by atoms with Crippen LogP contribution in [0.1, 0.15) is 57.1 Å². The molecule has 1 fully saturated rings. The van der Waals surface area contributed by atoms with Gasteiger partial charge in [-0.25, -0.2) is 9.59 Å². The van der Waals surface area contributed by atoms with Gasteiger partial charge in [0.25, 0.3) is 0 Å². The van der Waals surface area contributed by atoms with Crippen LogP contribution in [-0.4, -0.2) is 41.3 Å². The number of aliphatic carboxylic acids is 1. The van der Waals surface area contributed by atoms with Gasteiger partial charge >= 0.3 is 12.1 Å². The number of nitrogens with one attached hydrogen (secondary N) is 2. The summed E-state index contributed by atoms with van der Waals surface area (Å²) in [5, 5.41) is 15.0. The molecule has 7 heteroatoms. The fourth-order valence-electron chi connectivity index (χ4n) is 4.83. The van der Waals surface area contributed by atoms with Crippen molar-refractivity contribution in [1.82, 2.24) is 10.6 Å². The summed E-state index contributed by atoms with van der Waals surface area (Å²) in [5.74, 6) is -1.95. The van der Waals surface area contributed by atoms with Gasteiger partial charge in [0.1, 0.15) is 18.2 Å². The second kappa shape index (κ2) is 9.49. The van der Waals surface area contributed by atoms with Crippen molar-refractivity contribution in [1.29, 1.82) is 0 Å². The number of rotatable bonds is 9. The molecule has 0 saturated heterocycles. The van der Waals surface area contributed by atoms with E-state index in [4.69, 9.17) is 4.74 Å². The quantitative estimate of drug-likeness (QED) is 0.513. The van der Waals surface area contributed by atoms with Gasteiger partial charge in [-0.3, -0.25) is 4.79 Å². The van der Waals surface area contributed by atoms with Crippen molar-refractivity contribution in [2.45, 2.75) is 57.5 Å². The van der Waals surface area contributed by atoms with Crippen LogP contribution >= 0.6 is 0 Å². The molecule has 0 radical (unpaired) electrons. The second-order valence-corrected chi connectivity index (χ2v) is 9.60. The molecule has 4 rings (SSSR count). The van der Waals surface area contributed by atoms with Crippen LogP contribution in [0.5, 0.6) is 0 Å². The summed E-state index contributed by atoms with van der Waals surface area (Å²) in [4.78, 5) is 37.7. The van der Waals surface area contributed by atoms with Gasteiger partial charge < -0.3 is 20.5 Å². The molecule has 2 aromatic rings. The Kier molecular flexibility index (Phi) is 6.64. The van der Waals surface area contributed by atoms with Gasteiger partial charge in [-0.05, 0) is 53.9 Å². The largest absolute Gasteiger partial charge is 0.480 e. The van der Waals surface area contributed by atoms with Gasteiger partial charge in [0.15, 0.2) is 0 Å². The Morgan fingerprint density at radius 3 is 2.12 bits per heavy atom. The van der Waals surface area contributed by atoms with Crippen molar-refractivity contribution in [3.8, 4) is 11.1 Å². The normalized spacial score (nSPS) is 18.1. The zero-order valence-corrected chi connectivity index (χ0v) is 19.8. The Labute approximate surface area is 199 Å². The van der Waals surface area contributed by atoms with Crippen LogP contribution in [0.15, 0.2) is 48.5 Å². The van der Waals surface area contributed by atoms with E-state index in [2.05, 4.69) is 22.8 Å². The molecule has 2 aliphatic carbocycles. The van der Waals surface area contributed by atoms with Crippen molar-refractivity contribution in [3.05, 3.63) is 59.7 Å². The lowest BCUT2D eigenvalue weighted by atomic mass is 9.92. The van der Waals surface area contributed by atoms with Gasteiger partial charge in [-0.1, -0.05) is 68.8 Å². The highest BCUT2D eigenvalue weighted by Gasteiger charge is 2.49. The third kappa shape index (κ3) is 4.52. The van der Waals surface area contributed by atoms with Gasteiger partial charge in [0.2, 0.25) is 5.91 Å². The Bertz CT molecular complexity index is 1050. The molecule has 0 heterocycles. The van der Waals surface area contributed by atoms with Crippen molar-refractivity contribution in [3.63, 3.8) is 0 Å². The molecule has 1 unspecified atom stereocenters. The van der Waals surface area contributed by atoms with Crippen molar-refractivity contribution in [2.75, 3.05) is 6.61 Å². The number of carboxylic acids is 1. The van der Waals surface area contributed by atoms with E-state index in [0.717, 1.165) is 35.1 Å². The van der Waals surface area contributed by atoms with Crippen molar-refractivity contribution >= 4 is 18.0 Å². The number of fused-ring (bicyclic) bond motifs is 3. The molecule has 1 saturated carbocycles. The summed E-state index contributed by atoms with van der Waals surface area (Å²) in [7, 11) is 0. The molecule has 2 aromatic carbocycles. The summed E-state index contributed by atoms with van der Waals surface area (Å²) < 4.78 is 5.64. The van der Waals surface area contributed by atoms with Crippen molar-refractivity contribution < 1.29 is 24.2 Å². The minimum Gasteiger partial charge on any atom is -0.480 e. The van der Waals surface area contributed by atoms with Crippen LogP contribution in [0.2, 0.25) is 0 Å². The van der Waals surface area contributed by atoms with E-state index in [1.807, 2.05) is 43.3 Å². The van der Waals surface area contributed by atoms with Gasteiger partial charge in [-0.15, -0.1) is 0 Å². The maximum Gasteiger partial charge on any atom is 0.408 e. The molecule has 180 valence electrons. The topological polar surface area (TPSA) is 105 Å². The molecule has 2 amide bonds. The Hall–Kier alpha value is -3.35. The summed E-state index contributed by atoms with van der Waals surface area (Å²) >= 11 is 0. The summed E-state index contributed by atoms with van der Waals surface area (Å²) in [5.41, 5.74) is 3.26. The predicted octanol–water partition coefficient (Wildman–Crippen LogP) is 4.31. The minimum absolute atomic E-state index is 0.0561. The third-order valence-electron chi connectivity index (χ3n) is 7.34. The molecule has 0 spiro atoms. The molecule has 0 bridgehead atoms. The predicted molar refractivity (Wildman–Crippen MR) is 128 cm³/mol. The number of benzene rings is 2. The smallest absolute Gasteiger partial charge is 0.408 e. The monoisotopic (exact) mass is 464 g/mol. The molecule has 34 heavy (non-hydrogen) atoms. The van der Waals surface area contributed by atoms with Crippen LogP contribution < -0.4 is 10.6 Å². The zero-order chi connectivity index (χ0) is 24.5. The molecular formula is C27H32N2O5. The molecule has 3 N–H and O–H groups in total.